The van der Waals surface area contributed by atoms with Crippen molar-refractivity contribution in [3.63, 3.8) is 0 Å². The smallest absolute Gasteiger partial charge is 0.0110 e. The molecule has 11 heavy (non-hydrogen) atoms. The lowest BCUT2D eigenvalue weighted by Gasteiger charge is -2.28. The molecule has 0 aromatic heterocycles. The van der Waals surface area contributed by atoms with Gasteiger partial charge in [-0.1, -0.05) is 26.2 Å². The Kier molecular flexibility index (Phi) is 2.17. The first-order valence-corrected chi connectivity index (χ1v) is 5.08. The van der Waals surface area contributed by atoms with Crippen molar-refractivity contribution in [2.75, 3.05) is 19.6 Å². The zero-order valence-corrected chi connectivity index (χ0v) is 7.55. The molecular weight excluding hydrogens is 134 g/mol. The predicted octanol–water partition coefficient (Wildman–Crippen LogP) is 2.13. The highest BCUT2D eigenvalue weighted by molar-refractivity contribution is 4.80. The Morgan fingerprint density at radius 1 is 1.18 bits per heavy atom. The van der Waals surface area contributed by atoms with E-state index in [1.165, 1.54) is 45.3 Å². The molecule has 0 N–H and O–H groups in total. The van der Waals surface area contributed by atoms with Gasteiger partial charge in [-0.25, -0.2) is 0 Å². The SMILES string of the molecule is CC1CCCCC1CN1CC1. The van der Waals surface area contributed by atoms with E-state index in [1.54, 1.807) is 0 Å². The second kappa shape index (κ2) is 3.14. The van der Waals surface area contributed by atoms with Crippen LogP contribution in [-0.4, -0.2) is 24.5 Å². The zero-order chi connectivity index (χ0) is 7.68. The van der Waals surface area contributed by atoms with Crippen LogP contribution in [-0.2, 0) is 0 Å². The van der Waals surface area contributed by atoms with Gasteiger partial charge in [-0.15, -0.1) is 0 Å². The predicted molar refractivity (Wildman–Crippen MR) is 47.6 cm³/mol. The normalized spacial score (nSPS) is 39.0. The second-order valence-electron chi connectivity index (χ2n) is 4.32. The van der Waals surface area contributed by atoms with Gasteiger partial charge in [0.25, 0.3) is 0 Å². The summed E-state index contributed by atoms with van der Waals surface area (Å²) in [5.74, 6) is 2.04. The van der Waals surface area contributed by atoms with Crippen LogP contribution in [0.4, 0.5) is 0 Å². The van der Waals surface area contributed by atoms with E-state index in [0.29, 0.717) is 0 Å². The quantitative estimate of drug-likeness (QED) is 0.549. The van der Waals surface area contributed by atoms with E-state index >= 15 is 0 Å². The lowest BCUT2D eigenvalue weighted by molar-refractivity contribution is 0.225. The molecule has 2 atom stereocenters. The molecule has 64 valence electrons. The maximum atomic E-state index is 2.58. The van der Waals surface area contributed by atoms with Crippen LogP contribution in [0, 0.1) is 11.8 Å². The fourth-order valence-electron chi connectivity index (χ4n) is 2.25. The van der Waals surface area contributed by atoms with E-state index in [9.17, 15) is 0 Å². The molecule has 0 radical (unpaired) electrons. The highest BCUT2D eigenvalue weighted by atomic mass is 15.3. The highest BCUT2D eigenvalue weighted by Gasteiger charge is 2.27. The Bertz CT molecular complexity index is 129. The molecular formula is C10H19N. The van der Waals surface area contributed by atoms with Gasteiger partial charge >= 0.3 is 0 Å². The molecule has 2 unspecified atom stereocenters. The van der Waals surface area contributed by atoms with Crippen molar-refractivity contribution in [2.24, 2.45) is 11.8 Å². The van der Waals surface area contributed by atoms with Crippen molar-refractivity contribution >= 4 is 0 Å². The van der Waals surface area contributed by atoms with Crippen LogP contribution in [0.3, 0.4) is 0 Å². The summed E-state index contributed by atoms with van der Waals surface area (Å²) in [5, 5.41) is 0. The first kappa shape index (κ1) is 7.60. The average Bonchev–Trinajstić information content (AvgIpc) is 2.78. The Morgan fingerprint density at radius 2 is 1.91 bits per heavy atom. The van der Waals surface area contributed by atoms with Gasteiger partial charge in [0.15, 0.2) is 0 Å². The molecule has 1 heteroatoms. The number of rotatable bonds is 2. The van der Waals surface area contributed by atoms with E-state index < -0.39 is 0 Å². The van der Waals surface area contributed by atoms with E-state index in [2.05, 4.69) is 11.8 Å². The summed E-state index contributed by atoms with van der Waals surface area (Å²) in [6.45, 7) is 6.60. The van der Waals surface area contributed by atoms with E-state index in [1.807, 2.05) is 0 Å². The van der Waals surface area contributed by atoms with Crippen molar-refractivity contribution in [3.05, 3.63) is 0 Å². The Balaban J connectivity index is 1.78. The van der Waals surface area contributed by atoms with Crippen molar-refractivity contribution < 1.29 is 0 Å². The molecule has 0 spiro atoms. The van der Waals surface area contributed by atoms with E-state index in [4.69, 9.17) is 0 Å². The standard InChI is InChI=1S/C10H19N/c1-9-4-2-3-5-10(9)8-11-6-7-11/h9-10H,2-8H2,1H3. The van der Waals surface area contributed by atoms with Gasteiger partial charge in [0.05, 0.1) is 0 Å². The molecule has 2 fully saturated rings. The van der Waals surface area contributed by atoms with Gasteiger partial charge in [0.2, 0.25) is 0 Å². The van der Waals surface area contributed by atoms with Crippen molar-refractivity contribution in [1.29, 1.82) is 0 Å². The first-order valence-electron chi connectivity index (χ1n) is 5.08. The minimum atomic E-state index is 1.00. The van der Waals surface area contributed by atoms with Gasteiger partial charge in [0, 0.05) is 19.6 Å². The molecule has 2 aliphatic rings. The lowest BCUT2D eigenvalue weighted by atomic mass is 9.80. The molecule has 0 amide bonds. The Labute approximate surface area is 69.8 Å². The summed E-state index contributed by atoms with van der Waals surface area (Å²) in [6, 6.07) is 0. The van der Waals surface area contributed by atoms with E-state index in [-0.39, 0.29) is 0 Å². The van der Waals surface area contributed by atoms with Crippen LogP contribution < -0.4 is 0 Å². The average molecular weight is 153 g/mol. The third kappa shape index (κ3) is 1.96. The molecule has 0 aromatic carbocycles. The maximum absolute atomic E-state index is 2.58. The molecule has 1 saturated carbocycles. The Hall–Kier alpha value is -0.0400. The molecule has 0 aromatic rings. The molecule has 2 rings (SSSR count). The summed E-state index contributed by atoms with van der Waals surface area (Å²) < 4.78 is 0. The van der Waals surface area contributed by atoms with Crippen molar-refractivity contribution in [1.82, 2.24) is 4.90 Å². The summed E-state index contributed by atoms with van der Waals surface area (Å²) in [5.41, 5.74) is 0. The number of hydrogen-bond acceptors (Lipinski definition) is 1. The third-order valence-electron chi connectivity index (χ3n) is 3.32. The topological polar surface area (TPSA) is 3.01 Å². The lowest BCUT2D eigenvalue weighted by Crippen LogP contribution is -2.23. The molecule has 1 aliphatic carbocycles. The minimum Gasteiger partial charge on any atom is -0.301 e. The Morgan fingerprint density at radius 3 is 2.55 bits per heavy atom. The van der Waals surface area contributed by atoms with Gasteiger partial charge in [-0.05, 0) is 18.3 Å². The molecule has 0 bridgehead atoms. The van der Waals surface area contributed by atoms with Gasteiger partial charge in [0.1, 0.15) is 0 Å². The van der Waals surface area contributed by atoms with Gasteiger partial charge in [-0.2, -0.15) is 0 Å². The van der Waals surface area contributed by atoms with Crippen LogP contribution in [0.1, 0.15) is 32.6 Å². The molecule has 1 aliphatic heterocycles. The van der Waals surface area contributed by atoms with Gasteiger partial charge < -0.3 is 4.90 Å². The summed E-state index contributed by atoms with van der Waals surface area (Å²) in [6.07, 6.45) is 5.96. The first-order chi connectivity index (χ1) is 5.36. The molecule has 1 saturated heterocycles. The van der Waals surface area contributed by atoms with Crippen molar-refractivity contribution in [3.8, 4) is 0 Å². The van der Waals surface area contributed by atoms with Crippen LogP contribution >= 0.6 is 0 Å². The number of nitrogens with zero attached hydrogens (tertiary/aromatic N) is 1. The number of hydrogen-bond donors (Lipinski definition) is 0. The van der Waals surface area contributed by atoms with Crippen LogP contribution in [0.25, 0.3) is 0 Å². The fourth-order valence-corrected chi connectivity index (χ4v) is 2.25. The van der Waals surface area contributed by atoms with Crippen molar-refractivity contribution in [2.45, 2.75) is 32.6 Å². The molecule has 1 nitrogen and oxygen atoms in total. The third-order valence-corrected chi connectivity index (χ3v) is 3.32. The van der Waals surface area contributed by atoms with Crippen LogP contribution in [0.15, 0.2) is 0 Å². The second-order valence-corrected chi connectivity index (χ2v) is 4.32. The van der Waals surface area contributed by atoms with Crippen LogP contribution in [0.2, 0.25) is 0 Å². The minimum absolute atomic E-state index is 1.00. The monoisotopic (exact) mass is 153 g/mol. The van der Waals surface area contributed by atoms with Gasteiger partial charge in [-0.3, -0.25) is 0 Å². The largest absolute Gasteiger partial charge is 0.301 e. The van der Waals surface area contributed by atoms with E-state index in [0.717, 1.165) is 11.8 Å². The molecule has 1 heterocycles. The summed E-state index contributed by atoms with van der Waals surface area (Å²) in [7, 11) is 0. The fraction of sp³-hybridized carbons (Fsp3) is 1.00. The highest BCUT2D eigenvalue weighted by Crippen LogP contribution is 2.31. The summed E-state index contributed by atoms with van der Waals surface area (Å²) in [4.78, 5) is 2.58. The zero-order valence-electron chi connectivity index (χ0n) is 7.55. The summed E-state index contributed by atoms with van der Waals surface area (Å²) >= 11 is 0. The van der Waals surface area contributed by atoms with Crippen LogP contribution in [0.5, 0.6) is 0 Å². The maximum Gasteiger partial charge on any atom is 0.0110 e.